The first kappa shape index (κ1) is 9.19. The maximum atomic E-state index is 10.5. The van der Waals surface area contributed by atoms with Gasteiger partial charge in [0.25, 0.3) is 0 Å². The third-order valence-corrected chi connectivity index (χ3v) is 1.46. The fourth-order valence-corrected chi connectivity index (χ4v) is 0.847. The number of oxazole rings is 1. The van der Waals surface area contributed by atoms with Crippen molar-refractivity contribution < 1.29 is 19.1 Å². The summed E-state index contributed by atoms with van der Waals surface area (Å²) in [7, 11) is 1.66. The van der Waals surface area contributed by atoms with Crippen LogP contribution in [0.25, 0.3) is 0 Å². The van der Waals surface area contributed by atoms with Crippen LogP contribution in [0.5, 0.6) is 12.1 Å². The Hall–Kier alpha value is -2.38. The number of ether oxygens (including phenoxy) is 1. The standard InChI is InChI=1S/C7H6N4O4/c1-11-3-8-6(10-11)15-7-9-4(2-14-7)5(12)13/h2-3H,1H3,(H,12,13). The summed E-state index contributed by atoms with van der Waals surface area (Å²) in [4.78, 5) is 17.7. The van der Waals surface area contributed by atoms with Crippen molar-refractivity contribution in [3.05, 3.63) is 18.3 Å². The Labute approximate surface area is 83.1 Å². The average molecular weight is 210 g/mol. The molecule has 78 valence electrons. The molecule has 0 saturated carbocycles. The van der Waals surface area contributed by atoms with E-state index in [-0.39, 0.29) is 17.8 Å². The number of rotatable bonds is 3. The van der Waals surface area contributed by atoms with Gasteiger partial charge in [-0.3, -0.25) is 4.68 Å². The highest BCUT2D eigenvalue weighted by Gasteiger charge is 2.13. The van der Waals surface area contributed by atoms with Crippen LogP contribution in [0.4, 0.5) is 0 Å². The van der Waals surface area contributed by atoms with Crippen LogP contribution >= 0.6 is 0 Å². The lowest BCUT2D eigenvalue weighted by Crippen LogP contribution is -1.96. The number of hydrogen-bond donors (Lipinski definition) is 1. The smallest absolute Gasteiger partial charge is 0.402 e. The molecule has 0 unspecified atom stereocenters. The topological polar surface area (TPSA) is 103 Å². The van der Waals surface area contributed by atoms with E-state index in [0.29, 0.717) is 0 Å². The molecule has 0 atom stereocenters. The Morgan fingerprint density at radius 2 is 2.47 bits per heavy atom. The van der Waals surface area contributed by atoms with E-state index in [1.807, 2.05) is 0 Å². The van der Waals surface area contributed by atoms with Crippen LogP contribution in [0.3, 0.4) is 0 Å². The summed E-state index contributed by atoms with van der Waals surface area (Å²) in [6.45, 7) is 0. The van der Waals surface area contributed by atoms with Gasteiger partial charge in [0, 0.05) is 7.05 Å². The summed E-state index contributed by atoms with van der Waals surface area (Å²) in [6, 6.07) is 0.0382. The van der Waals surface area contributed by atoms with Crippen LogP contribution < -0.4 is 4.74 Å². The highest BCUT2D eigenvalue weighted by atomic mass is 16.6. The Kier molecular flexibility index (Phi) is 2.08. The van der Waals surface area contributed by atoms with Crippen LogP contribution in [0.15, 0.2) is 17.0 Å². The zero-order chi connectivity index (χ0) is 10.8. The minimum absolute atomic E-state index is 0.0382. The summed E-state index contributed by atoms with van der Waals surface area (Å²) in [5.74, 6) is -1.19. The number of carboxylic acid groups (broad SMARTS) is 1. The van der Waals surface area contributed by atoms with E-state index in [2.05, 4.69) is 15.1 Å². The lowest BCUT2D eigenvalue weighted by molar-refractivity contribution is 0.0690. The van der Waals surface area contributed by atoms with Crippen molar-refractivity contribution >= 4 is 5.97 Å². The SMILES string of the molecule is Cn1cnc(Oc2nc(C(=O)O)co2)n1. The predicted molar refractivity (Wildman–Crippen MR) is 44.5 cm³/mol. The minimum Gasteiger partial charge on any atom is -0.476 e. The molecular weight excluding hydrogens is 204 g/mol. The number of aromatic nitrogens is 4. The molecule has 2 heterocycles. The second-order valence-corrected chi connectivity index (χ2v) is 2.61. The Balaban J connectivity index is 2.14. The second kappa shape index (κ2) is 3.40. The van der Waals surface area contributed by atoms with Crippen LogP contribution in [0.1, 0.15) is 10.5 Å². The van der Waals surface area contributed by atoms with Gasteiger partial charge < -0.3 is 14.3 Å². The molecule has 0 spiro atoms. The molecule has 2 aromatic heterocycles. The van der Waals surface area contributed by atoms with E-state index < -0.39 is 5.97 Å². The van der Waals surface area contributed by atoms with E-state index in [4.69, 9.17) is 14.3 Å². The van der Waals surface area contributed by atoms with E-state index >= 15 is 0 Å². The van der Waals surface area contributed by atoms with Crippen molar-refractivity contribution in [2.75, 3.05) is 0 Å². The minimum atomic E-state index is -1.19. The molecule has 0 saturated heterocycles. The summed E-state index contributed by atoms with van der Waals surface area (Å²) in [6.07, 6.45) is 2.19. The number of carboxylic acids is 1. The first-order valence-electron chi connectivity index (χ1n) is 3.87. The van der Waals surface area contributed by atoms with Gasteiger partial charge in [-0.05, 0) is 0 Å². The molecule has 0 radical (unpaired) electrons. The van der Waals surface area contributed by atoms with Gasteiger partial charge in [0.15, 0.2) is 5.69 Å². The van der Waals surface area contributed by atoms with Crippen molar-refractivity contribution in [3.8, 4) is 12.1 Å². The molecule has 0 aliphatic carbocycles. The zero-order valence-electron chi connectivity index (χ0n) is 7.62. The molecule has 0 fully saturated rings. The Morgan fingerprint density at radius 1 is 1.67 bits per heavy atom. The molecular formula is C7H6N4O4. The lowest BCUT2D eigenvalue weighted by Gasteiger charge is -1.90. The predicted octanol–water partition coefficient (Wildman–Crippen LogP) is 0.294. The van der Waals surface area contributed by atoms with E-state index in [9.17, 15) is 4.79 Å². The first-order valence-corrected chi connectivity index (χ1v) is 3.87. The number of carbonyl (C=O) groups is 1. The maximum Gasteiger partial charge on any atom is 0.402 e. The fraction of sp³-hybridized carbons (Fsp3) is 0.143. The molecule has 8 heteroatoms. The highest BCUT2D eigenvalue weighted by molar-refractivity contribution is 5.84. The lowest BCUT2D eigenvalue weighted by atomic mass is 10.5. The van der Waals surface area contributed by atoms with Gasteiger partial charge in [0.2, 0.25) is 0 Å². The number of aryl methyl sites for hydroxylation is 1. The highest BCUT2D eigenvalue weighted by Crippen LogP contribution is 2.15. The van der Waals surface area contributed by atoms with Gasteiger partial charge in [0.05, 0.1) is 0 Å². The van der Waals surface area contributed by atoms with E-state index in [0.717, 1.165) is 6.26 Å². The molecule has 1 N–H and O–H groups in total. The normalized spacial score (nSPS) is 10.2. The van der Waals surface area contributed by atoms with E-state index in [1.165, 1.54) is 11.0 Å². The van der Waals surface area contributed by atoms with Crippen LogP contribution in [0.2, 0.25) is 0 Å². The van der Waals surface area contributed by atoms with Crippen molar-refractivity contribution in [2.24, 2.45) is 7.05 Å². The van der Waals surface area contributed by atoms with Gasteiger partial charge in [0.1, 0.15) is 12.6 Å². The molecule has 2 aromatic rings. The average Bonchev–Trinajstić information content (AvgIpc) is 2.76. The monoisotopic (exact) mass is 210 g/mol. The molecule has 0 aromatic carbocycles. The molecule has 2 rings (SSSR count). The maximum absolute atomic E-state index is 10.5. The first-order chi connectivity index (χ1) is 7.15. The van der Waals surface area contributed by atoms with Crippen molar-refractivity contribution in [3.63, 3.8) is 0 Å². The van der Waals surface area contributed by atoms with Gasteiger partial charge in [-0.25, -0.2) is 4.79 Å². The van der Waals surface area contributed by atoms with Crippen LogP contribution in [-0.2, 0) is 7.05 Å². The third kappa shape index (κ3) is 1.93. The summed E-state index contributed by atoms with van der Waals surface area (Å²) in [5.41, 5.74) is -0.235. The summed E-state index contributed by atoms with van der Waals surface area (Å²) >= 11 is 0. The van der Waals surface area contributed by atoms with Crippen molar-refractivity contribution in [2.45, 2.75) is 0 Å². The second-order valence-electron chi connectivity index (χ2n) is 2.61. The molecule has 0 amide bonds. The molecule has 0 bridgehead atoms. The van der Waals surface area contributed by atoms with Gasteiger partial charge in [-0.1, -0.05) is 0 Å². The number of hydrogen-bond acceptors (Lipinski definition) is 6. The molecule has 0 aliphatic heterocycles. The number of aromatic carboxylic acids is 1. The third-order valence-electron chi connectivity index (χ3n) is 1.46. The number of nitrogens with zero attached hydrogens (tertiary/aromatic N) is 4. The summed E-state index contributed by atoms with van der Waals surface area (Å²) in [5, 5.41) is 12.4. The molecule has 0 aliphatic rings. The molecule has 8 nitrogen and oxygen atoms in total. The quantitative estimate of drug-likeness (QED) is 0.776. The van der Waals surface area contributed by atoms with Crippen molar-refractivity contribution in [1.82, 2.24) is 19.7 Å². The fourth-order valence-electron chi connectivity index (χ4n) is 0.847. The van der Waals surface area contributed by atoms with Crippen LogP contribution in [0, 0.1) is 0 Å². The Bertz CT molecular complexity index is 489. The van der Waals surface area contributed by atoms with Crippen LogP contribution in [-0.4, -0.2) is 30.8 Å². The van der Waals surface area contributed by atoms with E-state index in [1.54, 1.807) is 7.05 Å². The zero-order valence-corrected chi connectivity index (χ0v) is 7.62. The Morgan fingerprint density at radius 3 is 3.00 bits per heavy atom. The van der Waals surface area contributed by atoms with Gasteiger partial charge in [-0.15, -0.1) is 5.10 Å². The molecule has 15 heavy (non-hydrogen) atoms. The summed E-state index contributed by atoms with van der Waals surface area (Å²) < 4.78 is 11.1. The largest absolute Gasteiger partial charge is 0.476 e. The van der Waals surface area contributed by atoms with Gasteiger partial charge >= 0.3 is 18.1 Å². The van der Waals surface area contributed by atoms with Gasteiger partial charge in [-0.2, -0.15) is 9.97 Å². The van der Waals surface area contributed by atoms with Crippen molar-refractivity contribution in [1.29, 1.82) is 0 Å².